The van der Waals surface area contributed by atoms with Crippen LogP contribution in [0.25, 0.3) is 0 Å². The monoisotopic (exact) mass is 257 g/mol. The predicted molar refractivity (Wildman–Crippen MR) is 57.2 cm³/mol. The van der Waals surface area contributed by atoms with E-state index in [1.165, 1.54) is 19.9 Å². The van der Waals surface area contributed by atoms with Crippen molar-refractivity contribution in [3.63, 3.8) is 0 Å². The summed E-state index contributed by atoms with van der Waals surface area (Å²) in [4.78, 5) is 10.7. The van der Waals surface area contributed by atoms with Gasteiger partial charge in [0, 0.05) is 5.56 Å². The molecule has 0 aliphatic heterocycles. The van der Waals surface area contributed by atoms with E-state index in [-0.39, 0.29) is 11.1 Å². The van der Waals surface area contributed by atoms with E-state index in [1.54, 1.807) is 0 Å². The second-order valence-corrected chi connectivity index (χ2v) is 4.19. The van der Waals surface area contributed by atoms with Gasteiger partial charge >= 0.3 is 6.36 Å². The number of halogens is 3. The maximum Gasteiger partial charge on any atom is 0.573 e. The van der Waals surface area contributed by atoms with Crippen LogP contribution in [0.4, 0.5) is 13.2 Å². The molecule has 0 heterocycles. The second kappa shape index (κ2) is 4.69. The molecule has 0 spiro atoms. The molecule has 0 N–H and O–H groups in total. The molecule has 0 unspecified atom stereocenters. The molecule has 1 aromatic rings. The maximum atomic E-state index is 12.1. The van der Waals surface area contributed by atoms with Crippen LogP contribution < -0.4 is 4.74 Å². The average Bonchev–Trinajstić information content (AvgIpc) is 2.26. The third-order valence-corrected chi connectivity index (χ3v) is 2.30. The lowest BCUT2D eigenvalue weighted by molar-refractivity contribution is -0.274. The molecule has 0 amide bonds. The highest BCUT2D eigenvalue weighted by Gasteiger charge is 2.32. The van der Waals surface area contributed by atoms with Crippen LogP contribution in [0.2, 0.25) is 0 Å². The Morgan fingerprint density at radius 2 is 1.89 bits per heavy atom. The minimum Gasteiger partial charge on any atom is -0.406 e. The molecule has 0 saturated carbocycles. The van der Waals surface area contributed by atoms with Crippen molar-refractivity contribution in [1.82, 2.24) is 0 Å². The Labute approximate surface area is 102 Å². The van der Waals surface area contributed by atoms with E-state index in [2.05, 4.69) is 4.74 Å². The van der Waals surface area contributed by atoms with Crippen molar-refractivity contribution >= 4 is 6.29 Å². The van der Waals surface area contributed by atoms with Crippen molar-refractivity contribution < 1.29 is 22.7 Å². The average molecular weight is 257 g/mol. The molecule has 1 aromatic carbocycles. The maximum absolute atomic E-state index is 12.1. The SMILES string of the molecule is CC(C)(C#N)c1cc(C=O)cc(OC(F)(F)F)c1. The zero-order chi connectivity index (χ0) is 14.0. The number of alkyl halides is 3. The summed E-state index contributed by atoms with van der Waals surface area (Å²) < 4.78 is 40.1. The molecule has 0 radical (unpaired) electrons. The van der Waals surface area contributed by atoms with Crippen molar-refractivity contribution in [3.8, 4) is 11.8 Å². The van der Waals surface area contributed by atoms with Crippen LogP contribution in [-0.2, 0) is 5.41 Å². The molecule has 18 heavy (non-hydrogen) atoms. The zero-order valence-electron chi connectivity index (χ0n) is 9.71. The van der Waals surface area contributed by atoms with E-state index in [4.69, 9.17) is 5.26 Å². The molecule has 96 valence electrons. The van der Waals surface area contributed by atoms with Crippen molar-refractivity contribution in [2.75, 3.05) is 0 Å². The molecule has 6 heteroatoms. The van der Waals surface area contributed by atoms with Gasteiger partial charge in [0.2, 0.25) is 0 Å². The van der Waals surface area contributed by atoms with Gasteiger partial charge < -0.3 is 4.74 Å². The first kappa shape index (κ1) is 14.0. The molecular formula is C12H10F3NO2. The molecule has 0 atom stereocenters. The highest BCUT2D eigenvalue weighted by Crippen LogP contribution is 2.30. The summed E-state index contributed by atoms with van der Waals surface area (Å²) >= 11 is 0. The zero-order valence-corrected chi connectivity index (χ0v) is 9.71. The predicted octanol–water partition coefficient (Wildman–Crippen LogP) is 3.20. The molecule has 0 fully saturated rings. The van der Waals surface area contributed by atoms with E-state index >= 15 is 0 Å². The Bertz CT molecular complexity index is 501. The van der Waals surface area contributed by atoms with Crippen LogP contribution in [0, 0.1) is 11.3 Å². The number of carbonyl (C=O) groups is 1. The highest BCUT2D eigenvalue weighted by molar-refractivity contribution is 5.76. The molecule has 0 aliphatic carbocycles. The third kappa shape index (κ3) is 3.48. The van der Waals surface area contributed by atoms with Crippen LogP contribution in [0.3, 0.4) is 0 Å². The fourth-order valence-electron chi connectivity index (χ4n) is 1.31. The first-order valence-electron chi connectivity index (χ1n) is 4.96. The summed E-state index contributed by atoms with van der Waals surface area (Å²) in [5, 5.41) is 8.93. The Morgan fingerprint density at radius 1 is 1.28 bits per heavy atom. The largest absolute Gasteiger partial charge is 0.573 e. The fourth-order valence-corrected chi connectivity index (χ4v) is 1.31. The normalized spacial score (nSPS) is 11.8. The molecular weight excluding hydrogens is 247 g/mol. The number of nitrogens with zero attached hydrogens (tertiary/aromatic N) is 1. The smallest absolute Gasteiger partial charge is 0.406 e. The van der Waals surface area contributed by atoms with Crippen molar-refractivity contribution in [2.24, 2.45) is 0 Å². The van der Waals surface area contributed by atoms with Gasteiger partial charge in [-0.25, -0.2) is 0 Å². The van der Waals surface area contributed by atoms with E-state index < -0.39 is 17.5 Å². The summed E-state index contributed by atoms with van der Waals surface area (Å²) in [6.07, 6.45) is -4.43. The van der Waals surface area contributed by atoms with Crippen molar-refractivity contribution in [3.05, 3.63) is 29.3 Å². The van der Waals surface area contributed by atoms with E-state index in [1.807, 2.05) is 6.07 Å². The lowest BCUT2D eigenvalue weighted by Crippen LogP contribution is -2.19. The van der Waals surface area contributed by atoms with Crippen LogP contribution in [0.1, 0.15) is 29.8 Å². The Balaban J connectivity index is 3.27. The first-order valence-corrected chi connectivity index (χ1v) is 4.96. The first-order chi connectivity index (χ1) is 8.18. The molecule has 0 saturated heterocycles. The fraction of sp³-hybridized carbons (Fsp3) is 0.333. The quantitative estimate of drug-likeness (QED) is 0.781. The van der Waals surface area contributed by atoms with Gasteiger partial charge in [0.1, 0.15) is 12.0 Å². The third-order valence-electron chi connectivity index (χ3n) is 2.30. The summed E-state index contributed by atoms with van der Waals surface area (Å²) in [6.45, 7) is 3.07. The van der Waals surface area contributed by atoms with E-state index in [0.29, 0.717) is 6.29 Å². The Morgan fingerprint density at radius 3 is 2.33 bits per heavy atom. The van der Waals surface area contributed by atoms with Gasteiger partial charge in [-0.1, -0.05) is 0 Å². The molecule has 0 aromatic heterocycles. The standard InChI is InChI=1S/C12H10F3NO2/c1-11(2,7-16)9-3-8(6-17)4-10(5-9)18-12(13,14)15/h3-6H,1-2H3. The summed E-state index contributed by atoms with van der Waals surface area (Å²) in [6, 6.07) is 5.38. The van der Waals surface area contributed by atoms with E-state index in [9.17, 15) is 18.0 Å². The number of hydrogen-bond donors (Lipinski definition) is 0. The molecule has 1 rings (SSSR count). The number of hydrogen-bond acceptors (Lipinski definition) is 3. The van der Waals surface area contributed by atoms with Gasteiger partial charge in [-0.3, -0.25) is 4.79 Å². The number of nitriles is 1. The second-order valence-electron chi connectivity index (χ2n) is 4.19. The van der Waals surface area contributed by atoms with Crippen LogP contribution in [0.5, 0.6) is 5.75 Å². The van der Waals surface area contributed by atoms with E-state index in [0.717, 1.165) is 12.1 Å². The molecule has 3 nitrogen and oxygen atoms in total. The lowest BCUT2D eigenvalue weighted by atomic mass is 9.85. The number of rotatable bonds is 3. The Hall–Kier alpha value is -2.03. The summed E-state index contributed by atoms with van der Waals surface area (Å²) in [5.74, 6) is -0.509. The number of ether oxygens (including phenoxy) is 1. The van der Waals surface area contributed by atoms with Gasteiger partial charge in [0.15, 0.2) is 0 Å². The van der Waals surface area contributed by atoms with Gasteiger partial charge in [-0.2, -0.15) is 5.26 Å². The van der Waals surface area contributed by atoms with Crippen molar-refractivity contribution in [1.29, 1.82) is 5.26 Å². The van der Waals surface area contributed by atoms with Gasteiger partial charge in [0.05, 0.1) is 11.5 Å². The van der Waals surface area contributed by atoms with Crippen LogP contribution in [0.15, 0.2) is 18.2 Å². The number of aldehydes is 1. The minimum absolute atomic E-state index is 0.0232. The van der Waals surface area contributed by atoms with Crippen LogP contribution >= 0.6 is 0 Å². The number of carbonyl (C=O) groups excluding carboxylic acids is 1. The topological polar surface area (TPSA) is 50.1 Å². The minimum atomic E-state index is -4.84. The lowest BCUT2D eigenvalue weighted by Gasteiger charge is -2.18. The van der Waals surface area contributed by atoms with Crippen LogP contribution in [-0.4, -0.2) is 12.6 Å². The summed E-state index contributed by atoms with van der Waals surface area (Å²) in [5.41, 5.74) is -0.702. The Kier molecular flexibility index (Phi) is 3.65. The van der Waals surface area contributed by atoms with Gasteiger partial charge in [-0.15, -0.1) is 13.2 Å². The number of benzene rings is 1. The molecule has 0 bridgehead atoms. The molecule has 0 aliphatic rings. The summed E-state index contributed by atoms with van der Waals surface area (Å²) in [7, 11) is 0. The van der Waals surface area contributed by atoms with Crippen molar-refractivity contribution in [2.45, 2.75) is 25.6 Å². The van der Waals surface area contributed by atoms with Gasteiger partial charge in [-0.05, 0) is 37.6 Å². The van der Waals surface area contributed by atoms with Gasteiger partial charge in [0.25, 0.3) is 0 Å². The highest BCUT2D eigenvalue weighted by atomic mass is 19.4.